The van der Waals surface area contributed by atoms with Gasteiger partial charge >= 0.3 is 5.69 Å². The van der Waals surface area contributed by atoms with Gasteiger partial charge in [-0.15, -0.1) is 11.3 Å². The van der Waals surface area contributed by atoms with E-state index < -0.39 is 11.8 Å². The third-order valence-electron chi connectivity index (χ3n) is 3.68. The average Bonchev–Trinajstić information content (AvgIpc) is 3.14. The van der Waals surface area contributed by atoms with Crippen LogP contribution in [0.4, 0.5) is 0 Å². The number of allylic oxidation sites excluding steroid dienone is 1. The van der Waals surface area contributed by atoms with Gasteiger partial charge in [0.1, 0.15) is 11.3 Å². The molecule has 1 aromatic carbocycles. The van der Waals surface area contributed by atoms with Crippen molar-refractivity contribution in [1.82, 2.24) is 19.7 Å². The number of aliphatic hydroxyl groups excluding tert-OH is 2. The fourth-order valence-electron chi connectivity index (χ4n) is 2.64. The van der Waals surface area contributed by atoms with Gasteiger partial charge in [0.15, 0.2) is 5.82 Å². The summed E-state index contributed by atoms with van der Waals surface area (Å²) in [6.07, 6.45) is 2.61. The van der Waals surface area contributed by atoms with Crippen LogP contribution in [-0.2, 0) is 0 Å². The zero-order chi connectivity index (χ0) is 16.0. The summed E-state index contributed by atoms with van der Waals surface area (Å²) in [5.74, 6) is 0.186. The quantitative estimate of drug-likeness (QED) is 0.665. The standard InChI is InChI=1S/C15H12N4O3S/c20-8-4-5-9(11(21)6-8)14-17-18-15(22)19(14)10-2-1-3-12-13(10)16-7-23-12/h1-3,5-8,20-21H,4H2,(H,18,22). The van der Waals surface area contributed by atoms with Crippen LogP contribution in [0.2, 0.25) is 0 Å². The minimum atomic E-state index is -0.736. The zero-order valence-electron chi connectivity index (χ0n) is 11.8. The number of benzene rings is 1. The first-order valence-corrected chi connectivity index (χ1v) is 7.83. The van der Waals surface area contributed by atoms with Crippen LogP contribution < -0.4 is 5.69 Å². The summed E-state index contributed by atoms with van der Waals surface area (Å²) in [6.45, 7) is 0. The van der Waals surface area contributed by atoms with E-state index in [9.17, 15) is 15.0 Å². The molecule has 8 heteroatoms. The molecule has 0 spiro atoms. The molecule has 1 aliphatic carbocycles. The number of aromatic amines is 1. The molecule has 3 aromatic rings. The van der Waals surface area contributed by atoms with Gasteiger partial charge in [0, 0.05) is 0 Å². The minimum Gasteiger partial charge on any atom is -0.507 e. The molecule has 2 aromatic heterocycles. The van der Waals surface area contributed by atoms with Crippen LogP contribution in [0.1, 0.15) is 12.2 Å². The van der Waals surface area contributed by atoms with Gasteiger partial charge in [-0.25, -0.2) is 19.4 Å². The van der Waals surface area contributed by atoms with E-state index in [1.165, 1.54) is 22.0 Å². The Morgan fingerprint density at radius 1 is 1.39 bits per heavy atom. The van der Waals surface area contributed by atoms with Crippen molar-refractivity contribution >= 4 is 27.1 Å². The first kappa shape index (κ1) is 13.9. The van der Waals surface area contributed by atoms with Gasteiger partial charge in [0.2, 0.25) is 0 Å². The Hall–Kier alpha value is -2.71. The van der Waals surface area contributed by atoms with Crippen molar-refractivity contribution < 1.29 is 10.2 Å². The number of para-hydroxylation sites is 1. The topological polar surface area (TPSA) is 104 Å². The molecule has 0 saturated heterocycles. The van der Waals surface area contributed by atoms with E-state index in [1.807, 2.05) is 12.1 Å². The molecule has 2 heterocycles. The zero-order valence-corrected chi connectivity index (χ0v) is 12.6. The summed E-state index contributed by atoms with van der Waals surface area (Å²) < 4.78 is 2.34. The number of nitrogens with one attached hydrogen (secondary N) is 1. The van der Waals surface area contributed by atoms with Gasteiger partial charge < -0.3 is 10.2 Å². The molecule has 0 radical (unpaired) electrons. The highest BCUT2D eigenvalue weighted by Crippen LogP contribution is 2.29. The van der Waals surface area contributed by atoms with E-state index in [0.29, 0.717) is 23.2 Å². The maximum atomic E-state index is 12.3. The SMILES string of the molecule is O=c1[nH]nc(C2=CCC(O)C=C2O)n1-c1cccc2scnc12. The van der Waals surface area contributed by atoms with Crippen molar-refractivity contribution in [3.63, 3.8) is 0 Å². The summed E-state index contributed by atoms with van der Waals surface area (Å²) in [5, 5.41) is 26.1. The highest BCUT2D eigenvalue weighted by Gasteiger charge is 2.22. The van der Waals surface area contributed by atoms with Crippen molar-refractivity contribution in [2.24, 2.45) is 0 Å². The second-order valence-corrected chi connectivity index (χ2v) is 6.02. The molecule has 1 unspecified atom stereocenters. The molecule has 7 nitrogen and oxygen atoms in total. The van der Waals surface area contributed by atoms with E-state index in [1.54, 1.807) is 17.7 Å². The molecule has 4 rings (SSSR count). The third-order valence-corrected chi connectivity index (χ3v) is 4.48. The molecule has 0 amide bonds. The second kappa shape index (κ2) is 5.18. The van der Waals surface area contributed by atoms with Gasteiger partial charge in [0.05, 0.1) is 27.6 Å². The van der Waals surface area contributed by atoms with Crippen LogP contribution in [0.5, 0.6) is 0 Å². The fraction of sp³-hybridized carbons (Fsp3) is 0.133. The van der Waals surface area contributed by atoms with Crippen LogP contribution in [0, 0.1) is 0 Å². The minimum absolute atomic E-state index is 0.102. The van der Waals surface area contributed by atoms with Gasteiger partial charge in [-0.3, -0.25) is 0 Å². The van der Waals surface area contributed by atoms with E-state index in [-0.39, 0.29) is 11.6 Å². The lowest BCUT2D eigenvalue weighted by atomic mass is 10.0. The van der Waals surface area contributed by atoms with E-state index in [0.717, 1.165) is 4.70 Å². The Morgan fingerprint density at radius 3 is 3.09 bits per heavy atom. The predicted octanol–water partition coefficient (Wildman–Crippen LogP) is 1.76. The highest BCUT2D eigenvalue weighted by molar-refractivity contribution is 7.16. The van der Waals surface area contributed by atoms with Crippen molar-refractivity contribution in [2.75, 3.05) is 0 Å². The van der Waals surface area contributed by atoms with Gasteiger partial charge in [-0.1, -0.05) is 12.1 Å². The van der Waals surface area contributed by atoms with E-state index in [2.05, 4.69) is 15.2 Å². The van der Waals surface area contributed by atoms with E-state index >= 15 is 0 Å². The van der Waals surface area contributed by atoms with Crippen molar-refractivity contribution in [1.29, 1.82) is 0 Å². The average molecular weight is 328 g/mol. The molecule has 1 aliphatic rings. The van der Waals surface area contributed by atoms with Gasteiger partial charge in [-0.05, 0) is 24.6 Å². The number of aromatic nitrogens is 4. The van der Waals surface area contributed by atoms with E-state index in [4.69, 9.17) is 0 Å². The first-order chi connectivity index (χ1) is 11.1. The summed E-state index contributed by atoms with van der Waals surface area (Å²) in [5.41, 5.74) is 2.99. The molecule has 0 aliphatic heterocycles. The lowest BCUT2D eigenvalue weighted by Crippen LogP contribution is -2.18. The van der Waals surface area contributed by atoms with Crippen molar-refractivity contribution in [3.8, 4) is 5.69 Å². The third kappa shape index (κ3) is 2.19. The smallest absolute Gasteiger partial charge is 0.348 e. The molecule has 23 heavy (non-hydrogen) atoms. The van der Waals surface area contributed by atoms with Crippen molar-refractivity contribution in [2.45, 2.75) is 12.5 Å². The van der Waals surface area contributed by atoms with Crippen molar-refractivity contribution in [3.05, 3.63) is 57.9 Å². The summed E-state index contributed by atoms with van der Waals surface area (Å²) in [4.78, 5) is 16.6. The first-order valence-electron chi connectivity index (χ1n) is 6.95. The predicted molar refractivity (Wildman–Crippen MR) is 86.7 cm³/mol. The number of nitrogens with zero attached hydrogens (tertiary/aromatic N) is 3. The Kier molecular flexibility index (Phi) is 3.14. The number of fused-ring (bicyclic) bond motifs is 1. The summed E-state index contributed by atoms with van der Waals surface area (Å²) in [7, 11) is 0. The van der Waals surface area contributed by atoms with Gasteiger partial charge in [-0.2, -0.15) is 5.10 Å². The van der Waals surface area contributed by atoms with Crippen LogP contribution >= 0.6 is 11.3 Å². The van der Waals surface area contributed by atoms with Crippen LogP contribution in [0.15, 0.2) is 46.4 Å². The molecule has 0 bridgehead atoms. The molecule has 3 N–H and O–H groups in total. The molecular weight excluding hydrogens is 316 g/mol. The Morgan fingerprint density at radius 2 is 2.26 bits per heavy atom. The molecule has 1 atom stereocenters. The molecule has 0 fully saturated rings. The Balaban J connectivity index is 1.95. The lowest BCUT2D eigenvalue weighted by Gasteiger charge is -2.15. The molecule has 116 valence electrons. The molecular formula is C15H12N4O3S. The number of rotatable bonds is 2. The highest BCUT2D eigenvalue weighted by atomic mass is 32.1. The number of thiazole rings is 1. The number of H-pyrrole nitrogens is 1. The number of hydrogen-bond donors (Lipinski definition) is 3. The second-order valence-electron chi connectivity index (χ2n) is 5.14. The number of hydrogen-bond acceptors (Lipinski definition) is 6. The maximum absolute atomic E-state index is 12.3. The fourth-order valence-corrected chi connectivity index (χ4v) is 3.34. The number of aliphatic hydroxyl groups is 2. The lowest BCUT2D eigenvalue weighted by molar-refractivity contribution is 0.219. The Bertz CT molecular complexity index is 1010. The summed E-state index contributed by atoms with van der Waals surface area (Å²) >= 11 is 1.48. The largest absolute Gasteiger partial charge is 0.507 e. The molecule has 0 saturated carbocycles. The maximum Gasteiger partial charge on any atom is 0.348 e. The summed E-state index contributed by atoms with van der Waals surface area (Å²) in [6, 6.07) is 5.55. The normalized spacial score (nSPS) is 18.0. The van der Waals surface area contributed by atoms with Crippen LogP contribution in [0.25, 0.3) is 21.5 Å². The van der Waals surface area contributed by atoms with Crippen LogP contribution in [-0.4, -0.2) is 36.1 Å². The van der Waals surface area contributed by atoms with Gasteiger partial charge in [0.25, 0.3) is 0 Å². The van der Waals surface area contributed by atoms with Crippen LogP contribution in [0.3, 0.4) is 0 Å². The Labute approximate surface area is 133 Å². The monoisotopic (exact) mass is 328 g/mol.